The maximum atomic E-state index is 12.6. The summed E-state index contributed by atoms with van der Waals surface area (Å²) in [6.45, 7) is 1.66. The van der Waals surface area contributed by atoms with Crippen LogP contribution in [0.3, 0.4) is 0 Å². The molecule has 0 spiro atoms. The molecule has 0 aliphatic heterocycles. The molecule has 0 atom stereocenters. The first-order valence-corrected chi connectivity index (χ1v) is 11.5. The number of thiophene rings is 2. The number of halogens is 8. The molecule has 0 unspecified atom stereocenters. The van der Waals surface area contributed by atoms with E-state index in [0.717, 1.165) is 12.1 Å². The van der Waals surface area contributed by atoms with E-state index in [0.29, 0.717) is 11.3 Å². The van der Waals surface area contributed by atoms with Crippen molar-refractivity contribution in [3.8, 4) is 0 Å². The third kappa shape index (κ3) is 7.65. The Kier molecular flexibility index (Phi) is 11.3. The molecule has 0 aliphatic rings. The van der Waals surface area contributed by atoms with E-state index in [-0.39, 0.29) is 73.7 Å². The van der Waals surface area contributed by atoms with Crippen LogP contribution < -0.4 is 18.9 Å². The molecule has 0 bridgehead atoms. The third-order valence-electron chi connectivity index (χ3n) is 3.92. The van der Waals surface area contributed by atoms with Gasteiger partial charge in [0.2, 0.25) is 10.6 Å². The summed E-state index contributed by atoms with van der Waals surface area (Å²) in [5.74, 6) is -2.28. The molecule has 4 rings (SSSR count). The number of aromatic carboxylic acids is 1. The number of ether oxygens (including phenoxy) is 1. The van der Waals surface area contributed by atoms with Crippen molar-refractivity contribution < 1.29 is 70.1 Å². The molecule has 0 aliphatic carbocycles. The van der Waals surface area contributed by atoms with Gasteiger partial charge in [0.25, 0.3) is 0 Å². The van der Waals surface area contributed by atoms with Crippen molar-refractivity contribution in [1.82, 2.24) is 19.9 Å². The van der Waals surface area contributed by atoms with Gasteiger partial charge in [-0.15, -0.1) is 22.7 Å². The summed E-state index contributed by atoms with van der Waals surface area (Å²) in [6, 6.07) is 1.58. The number of hydrogen-bond acceptors (Lipinski definition) is 10. The topological polar surface area (TPSA) is 145 Å². The van der Waals surface area contributed by atoms with Gasteiger partial charge in [-0.3, -0.25) is 0 Å². The number of esters is 1. The van der Waals surface area contributed by atoms with E-state index < -0.39 is 45.0 Å². The predicted molar refractivity (Wildman–Crippen MR) is 120 cm³/mol. The van der Waals surface area contributed by atoms with Crippen molar-refractivity contribution in [2.75, 3.05) is 6.61 Å². The molecule has 4 heterocycles. The summed E-state index contributed by atoms with van der Waals surface area (Å²) in [5.41, 5.74) is -0.932. The normalized spacial score (nSPS) is 11.3. The van der Waals surface area contributed by atoms with Gasteiger partial charge in [0.05, 0.1) is 27.0 Å². The van der Waals surface area contributed by atoms with Crippen molar-refractivity contribution in [2.24, 2.45) is 0 Å². The Morgan fingerprint density at radius 2 is 1.26 bits per heavy atom. The summed E-state index contributed by atoms with van der Waals surface area (Å²) in [5, 5.41) is 8.09. The maximum Gasteiger partial charge on any atom is 1.00 e. The third-order valence-corrected chi connectivity index (χ3v) is 6.61. The molecular formula is C18H9Cl2F6LiN4O5S2. The molecule has 0 saturated heterocycles. The van der Waals surface area contributed by atoms with Gasteiger partial charge >= 0.3 is 43.2 Å². The van der Waals surface area contributed by atoms with E-state index in [2.05, 4.69) is 19.9 Å². The van der Waals surface area contributed by atoms with Crippen LogP contribution in [0.2, 0.25) is 10.6 Å². The average molecular weight is 617 g/mol. The van der Waals surface area contributed by atoms with Crippen LogP contribution in [0.15, 0.2) is 12.1 Å². The molecule has 20 heteroatoms. The number of carbonyl (C=O) groups is 2. The van der Waals surface area contributed by atoms with Gasteiger partial charge in [-0.05, 0) is 42.3 Å². The first kappa shape index (κ1) is 33.8. The average Bonchev–Trinajstić information content (AvgIpc) is 3.37. The Bertz CT molecular complexity index is 1480. The minimum absolute atomic E-state index is 0. The Morgan fingerprint density at radius 1 is 0.868 bits per heavy atom. The second-order valence-corrected chi connectivity index (χ2v) is 9.13. The zero-order chi connectivity index (χ0) is 27.0. The predicted octanol–water partition coefficient (Wildman–Crippen LogP) is 3.43. The Labute approximate surface area is 237 Å². The molecule has 0 amide bonds. The van der Waals surface area contributed by atoms with Gasteiger partial charge in [-0.2, -0.15) is 26.3 Å². The fraction of sp³-hybridized carbons (Fsp3) is 0.222. The molecule has 0 aromatic carbocycles. The van der Waals surface area contributed by atoms with Crippen LogP contribution in [0.25, 0.3) is 20.4 Å². The van der Waals surface area contributed by atoms with Crippen molar-refractivity contribution in [2.45, 2.75) is 19.3 Å². The smallest absolute Gasteiger partial charge is 0.870 e. The summed E-state index contributed by atoms with van der Waals surface area (Å²) in [6.07, 6.45) is -9.06. The maximum absolute atomic E-state index is 12.6. The largest absolute Gasteiger partial charge is 1.00 e. The molecule has 0 fully saturated rings. The van der Waals surface area contributed by atoms with E-state index in [4.69, 9.17) is 33.0 Å². The number of carbonyl (C=O) groups excluding carboxylic acids is 1. The molecule has 38 heavy (non-hydrogen) atoms. The molecule has 2 N–H and O–H groups in total. The van der Waals surface area contributed by atoms with Crippen molar-refractivity contribution in [1.29, 1.82) is 0 Å². The first-order valence-electron chi connectivity index (χ1n) is 9.10. The summed E-state index contributed by atoms with van der Waals surface area (Å²) < 4.78 is 79.8. The van der Waals surface area contributed by atoms with Crippen molar-refractivity contribution in [3.63, 3.8) is 0 Å². The first-order chi connectivity index (χ1) is 16.6. The van der Waals surface area contributed by atoms with Crippen LogP contribution in [-0.4, -0.2) is 49.1 Å². The van der Waals surface area contributed by atoms with Gasteiger partial charge in [0.15, 0.2) is 11.4 Å². The molecule has 4 aromatic rings. The number of alkyl halides is 6. The van der Waals surface area contributed by atoms with Crippen LogP contribution in [0.1, 0.15) is 37.7 Å². The number of aromatic nitrogens is 4. The summed E-state index contributed by atoms with van der Waals surface area (Å²) >= 11 is 11.7. The summed E-state index contributed by atoms with van der Waals surface area (Å²) in [7, 11) is 0. The van der Waals surface area contributed by atoms with Gasteiger partial charge in [-0.25, -0.2) is 29.5 Å². The number of rotatable bonds is 3. The molecule has 200 valence electrons. The molecular weight excluding hydrogens is 608 g/mol. The van der Waals surface area contributed by atoms with Crippen LogP contribution >= 0.6 is 45.9 Å². The Balaban J connectivity index is 0.000000363. The number of carboxylic acids is 1. The minimum Gasteiger partial charge on any atom is -0.870 e. The van der Waals surface area contributed by atoms with E-state index in [1.54, 1.807) is 6.92 Å². The van der Waals surface area contributed by atoms with Crippen LogP contribution in [-0.2, 0) is 17.1 Å². The van der Waals surface area contributed by atoms with Crippen molar-refractivity contribution >= 4 is 78.2 Å². The Hall–Kier alpha value is -2.26. The van der Waals surface area contributed by atoms with Crippen LogP contribution in [0.4, 0.5) is 26.3 Å². The van der Waals surface area contributed by atoms with Gasteiger partial charge in [0.1, 0.15) is 9.75 Å². The van der Waals surface area contributed by atoms with E-state index in [1.165, 1.54) is 0 Å². The standard InChI is InChI=1S/C10H6ClF3N2O2S.C8H2ClF3N2O2S.Li.H2O/c1-2-18-8(17)6-7-4(15-9(11)16-6)3-5(19-7)10(12,13)14;9-7-13-2-1-3(8(10,11)12)17-5(2)4(14-7)6(15)16;;/h3H,2H2,1H3;1H,(H,15,16);;1H2/q;;+1;/p-1. The van der Waals surface area contributed by atoms with Gasteiger partial charge < -0.3 is 15.3 Å². The second-order valence-electron chi connectivity index (χ2n) is 6.35. The molecule has 0 saturated carbocycles. The van der Waals surface area contributed by atoms with Crippen molar-refractivity contribution in [3.05, 3.63) is 43.8 Å². The Morgan fingerprint density at radius 3 is 1.63 bits per heavy atom. The second kappa shape index (κ2) is 12.7. The van der Waals surface area contributed by atoms with Gasteiger partial charge in [-0.1, -0.05) is 0 Å². The number of nitrogens with zero attached hydrogens (tertiary/aromatic N) is 4. The monoisotopic (exact) mass is 616 g/mol. The van der Waals surface area contributed by atoms with Crippen LogP contribution in [0.5, 0.6) is 0 Å². The zero-order valence-electron chi connectivity index (χ0n) is 18.6. The van der Waals surface area contributed by atoms with Crippen LogP contribution in [0, 0.1) is 0 Å². The minimum atomic E-state index is -4.55. The van der Waals surface area contributed by atoms with Gasteiger partial charge in [0, 0.05) is 0 Å². The molecule has 4 aromatic heterocycles. The number of fused-ring (bicyclic) bond motifs is 2. The zero-order valence-corrected chi connectivity index (χ0v) is 21.8. The van der Waals surface area contributed by atoms with E-state index in [9.17, 15) is 35.9 Å². The van der Waals surface area contributed by atoms with E-state index in [1.807, 2.05) is 0 Å². The SMILES string of the molecule is CCOC(=O)c1nc(Cl)nc2cc(C(F)(F)F)sc12.O=C(O)c1nc(Cl)nc2cc(C(F)(F)F)sc12.[Li+].[OH-]. The number of hydrogen-bond donors (Lipinski definition) is 1. The quantitative estimate of drug-likeness (QED) is 0.158. The number of carboxylic acid groups (broad SMARTS) is 1. The molecule has 9 nitrogen and oxygen atoms in total. The van der Waals surface area contributed by atoms with E-state index >= 15 is 0 Å². The summed E-state index contributed by atoms with van der Waals surface area (Å²) in [4.78, 5) is 34.9. The fourth-order valence-electron chi connectivity index (χ4n) is 2.57. The molecule has 0 radical (unpaired) electrons. The fourth-order valence-corrected chi connectivity index (χ4v) is 4.80.